The number of nitrogens with zero attached hydrogens (tertiary/aromatic N) is 3. The lowest BCUT2D eigenvalue weighted by Crippen LogP contribution is -2.21. The largest absolute Gasteiger partial charge is 0.490 e. The zero-order valence-electron chi connectivity index (χ0n) is 53.4. The molecule has 0 fully saturated rings. The van der Waals surface area contributed by atoms with Crippen molar-refractivity contribution in [1.29, 1.82) is 15.8 Å². The number of aliphatic hydroxyl groups is 1. The summed E-state index contributed by atoms with van der Waals surface area (Å²) >= 11 is 0. The summed E-state index contributed by atoms with van der Waals surface area (Å²) in [6, 6.07) is 39.9. The maximum atomic E-state index is 9.72. The van der Waals surface area contributed by atoms with E-state index in [2.05, 4.69) is 59.8 Å². The van der Waals surface area contributed by atoms with E-state index in [9.17, 15) is 15.8 Å². The van der Waals surface area contributed by atoms with E-state index in [-0.39, 0.29) is 42.0 Å². The molecule has 0 saturated heterocycles. The van der Waals surface area contributed by atoms with Crippen molar-refractivity contribution < 1.29 is 47.7 Å². The van der Waals surface area contributed by atoms with Gasteiger partial charge in [-0.2, -0.15) is 15.8 Å². The van der Waals surface area contributed by atoms with Crippen LogP contribution in [0.4, 0.5) is 17.1 Å². The van der Waals surface area contributed by atoms with Crippen molar-refractivity contribution in [3.63, 3.8) is 0 Å². The highest BCUT2D eigenvalue weighted by atomic mass is 16.5. The van der Waals surface area contributed by atoms with Gasteiger partial charge in [0.1, 0.15) is 52.2 Å². The summed E-state index contributed by atoms with van der Waals surface area (Å²) in [4.78, 5) is 0. The van der Waals surface area contributed by atoms with E-state index in [0.717, 1.165) is 52.6 Å². The molecule has 0 aromatic heterocycles. The monoisotopic (exact) mass is 1230 g/mol. The van der Waals surface area contributed by atoms with Gasteiger partial charge in [-0.1, -0.05) is 77.9 Å². The van der Waals surface area contributed by atoms with E-state index in [4.69, 9.17) is 82.1 Å². The Kier molecular flexibility index (Phi) is 25.6. The van der Waals surface area contributed by atoms with E-state index in [1.807, 2.05) is 93.6 Å². The second kappa shape index (κ2) is 33.4. The number of benzene rings is 6. The summed E-state index contributed by atoms with van der Waals surface area (Å²) in [6.07, 6.45) is 2.87. The van der Waals surface area contributed by atoms with Crippen molar-refractivity contribution in [2.75, 3.05) is 63.4 Å². The fourth-order valence-electron chi connectivity index (χ4n) is 9.93. The molecule has 0 aliphatic carbocycles. The van der Waals surface area contributed by atoms with Gasteiger partial charge in [-0.05, 0) is 136 Å². The standard InChI is InChI=1S/3C23H27N3O3.C2H6O/c3*1-4-27-21-11-15(5-8-19(21)28-10-9-14(2)3)22-17-7-6-16(25)12-20(17)29-23(26)18(22)13-24;1-2-3/h3*5-8,11-12,14,22H,4,9-10,25-26H2,1-3H3;3H,2H2,1H3. The second-order valence-electron chi connectivity index (χ2n) is 22.5. The average Bonchev–Trinajstić information content (AvgIpc) is 0.813. The van der Waals surface area contributed by atoms with Crippen LogP contribution in [-0.4, -0.2) is 51.4 Å². The Morgan fingerprint density at radius 3 is 0.867 bits per heavy atom. The Bertz CT molecular complexity index is 3280. The molecular formula is C71H87N9O10. The quantitative estimate of drug-likeness (QED) is 0.0329. The third-order valence-electron chi connectivity index (χ3n) is 14.4. The van der Waals surface area contributed by atoms with E-state index < -0.39 is 0 Å². The lowest BCUT2D eigenvalue weighted by Gasteiger charge is -2.27. The van der Waals surface area contributed by atoms with Crippen molar-refractivity contribution >= 4 is 17.1 Å². The zero-order valence-corrected chi connectivity index (χ0v) is 53.4. The molecule has 3 unspecified atom stereocenters. The number of hydrogen-bond acceptors (Lipinski definition) is 19. The fourth-order valence-corrected chi connectivity index (χ4v) is 9.93. The van der Waals surface area contributed by atoms with Gasteiger partial charge in [0.15, 0.2) is 34.5 Å². The van der Waals surface area contributed by atoms with E-state index in [1.54, 1.807) is 43.3 Å². The SMILES string of the molecule is CCO.CCOc1cc(C2C(C#N)=C(N)Oc3cc(N)ccc32)ccc1OCCC(C)C.CCOc1cc(C2C(C#N)=C(N)Oc3cc(N)ccc32)ccc1OCCC(C)C.CCOc1cc(C2C(C#N)=C(N)Oc3cc(N)ccc32)ccc1OCCC(C)C. The van der Waals surface area contributed by atoms with Crippen LogP contribution in [0.15, 0.2) is 144 Å². The smallest absolute Gasteiger partial charge is 0.205 e. The zero-order chi connectivity index (χ0) is 65.6. The first-order chi connectivity index (χ1) is 43.2. The lowest BCUT2D eigenvalue weighted by molar-refractivity contribution is 0.261. The van der Waals surface area contributed by atoms with Crippen LogP contribution >= 0.6 is 0 Å². The minimum absolute atomic E-state index is 0.0887. The van der Waals surface area contributed by atoms with Crippen LogP contribution in [0.25, 0.3) is 0 Å². The molecule has 0 radical (unpaired) electrons. The van der Waals surface area contributed by atoms with Gasteiger partial charge in [0, 0.05) is 58.6 Å². The Morgan fingerprint density at radius 2 is 0.644 bits per heavy atom. The van der Waals surface area contributed by atoms with Gasteiger partial charge in [-0.25, -0.2) is 0 Å². The van der Waals surface area contributed by atoms with E-state index in [0.29, 0.717) is 143 Å². The highest BCUT2D eigenvalue weighted by Gasteiger charge is 2.34. The molecule has 0 amide bonds. The van der Waals surface area contributed by atoms with Crippen molar-refractivity contribution in [3.05, 3.63) is 177 Å². The maximum Gasteiger partial charge on any atom is 0.205 e. The van der Waals surface area contributed by atoms with E-state index in [1.165, 1.54) is 0 Å². The van der Waals surface area contributed by atoms with Crippen LogP contribution in [-0.2, 0) is 0 Å². The molecule has 0 bridgehead atoms. The topological polar surface area (TPSA) is 331 Å². The highest BCUT2D eigenvalue weighted by molar-refractivity contribution is 5.64. The number of rotatable bonds is 21. The molecule has 19 nitrogen and oxygen atoms in total. The van der Waals surface area contributed by atoms with E-state index >= 15 is 0 Å². The number of anilines is 3. The molecule has 0 saturated carbocycles. The maximum absolute atomic E-state index is 9.72. The molecule has 9 rings (SSSR count). The molecule has 476 valence electrons. The van der Waals surface area contributed by atoms with Gasteiger partial charge in [0.25, 0.3) is 0 Å². The molecule has 3 aliphatic heterocycles. The molecule has 3 atom stereocenters. The van der Waals surface area contributed by atoms with Gasteiger partial charge >= 0.3 is 0 Å². The van der Waals surface area contributed by atoms with Crippen LogP contribution in [0.2, 0.25) is 0 Å². The number of nitrogens with two attached hydrogens (primary N) is 6. The van der Waals surface area contributed by atoms with Crippen LogP contribution in [0.3, 0.4) is 0 Å². The van der Waals surface area contributed by atoms with Gasteiger partial charge < -0.3 is 82.1 Å². The van der Waals surface area contributed by atoms with Crippen LogP contribution < -0.4 is 77.0 Å². The normalized spacial score (nSPS) is 15.2. The third kappa shape index (κ3) is 17.8. The van der Waals surface area contributed by atoms with Crippen molar-refractivity contribution in [2.45, 2.75) is 106 Å². The summed E-state index contributed by atoms with van der Waals surface area (Å²) in [6.45, 7) is 24.0. The predicted molar refractivity (Wildman–Crippen MR) is 351 cm³/mol. The molecule has 3 heterocycles. The van der Waals surface area contributed by atoms with Gasteiger partial charge in [0.2, 0.25) is 17.6 Å². The van der Waals surface area contributed by atoms with Crippen LogP contribution in [0.5, 0.6) is 51.7 Å². The number of fused-ring (bicyclic) bond motifs is 3. The van der Waals surface area contributed by atoms with Gasteiger partial charge in [-0.3, -0.25) is 0 Å². The van der Waals surface area contributed by atoms with Crippen LogP contribution in [0, 0.1) is 51.7 Å². The van der Waals surface area contributed by atoms with Crippen molar-refractivity contribution in [3.8, 4) is 70.0 Å². The first kappa shape index (κ1) is 69.1. The predicted octanol–water partition coefficient (Wildman–Crippen LogP) is 12.9. The molecule has 13 N–H and O–H groups in total. The highest BCUT2D eigenvalue weighted by Crippen LogP contribution is 2.48. The minimum atomic E-state index is -0.367. The van der Waals surface area contributed by atoms with Gasteiger partial charge in [-0.15, -0.1) is 0 Å². The van der Waals surface area contributed by atoms with Crippen molar-refractivity contribution in [1.82, 2.24) is 0 Å². The first-order valence-corrected chi connectivity index (χ1v) is 30.4. The Hall–Kier alpha value is -10.0. The summed E-state index contributed by atoms with van der Waals surface area (Å²) in [5, 5.41) is 36.7. The first-order valence-electron chi connectivity index (χ1n) is 30.4. The molecular weight excluding hydrogens is 1140 g/mol. The molecule has 19 heteroatoms. The number of nitriles is 3. The minimum Gasteiger partial charge on any atom is -0.490 e. The number of nitrogen functional groups attached to an aromatic ring is 3. The second-order valence-corrected chi connectivity index (χ2v) is 22.5. The molecule has 0 spiro atoms. The fraction of sp³-hybridized carbons (Fsp3) is 0.366. The Balaban J connectivity index is 0.000000210. The van der Waals surface area contributed by atoms with Crippen LogP contribution in [0.1, 0.15) is 140 Å². The number of ether oxygens (including phenoxy) is 9. The molecule has 3 aliphatic rings. The number of allylic oxidation sites excluding steroid dienone is 3. The lowest BCUT2D eigenvalue weighted by atomic mass is 9.83. The molecule has 90 heavy (non-hydrogen) atoms. The van der Waals surface area contributed by atoms with Gasteiger partial charge in [0.05, 0.1) is 57.4 Å². The number of aliphatic hydroxyl groups excluding tert-OH is 1. The summed E-state index contributed by atoms with van der Waals surface area (Å²) in [5.41, 5.74) is 43.7. The molecule has 6 aromatic carbocycles. The summed E-state index contributed by atoms with van der Waals surface area (Å²) in [5.74, 6) is 6.52. The Labute approximate surface area is 529 Å². The third-order valence-corrected chi connectivity index (χ3v) is 14.4. The molecule has 6 aromatic rings. The summed E-state index contributed by atoms with van der Waals surface area (Å²) < 4.78 is 52.2. The average molecular weight is 1230 g/mol. The Morgan fingerprint density at radius 1 is 0.389 bits per heavy atom. The summed E-state index contributed by atoms with van der Waals surface area (Å²) in [7, 11) is 0. The number of hydrogen-bond donors (Lipinski definition) is 7. The van der Waals surface area contributed by atoms with Crippen molar-refractivity contribution in [2.24, 2.45) is 35.0 Å².